The highest BCUT2D eigenvalue weighted by Crippen LogP contribution is 2.24. The molecule has 0 amide bonds. The van der Waals surface area contributed by atoms with Crippen molar-refractivity contribution in [2.24, 2.45) is 7.05 Å². The van der Waals surface area contributed by atoms with Gasteiger partial charge in [-0.2, -0.15) is 16.9 Å². The van der Waals surface area contributed by atoms with Crippen LogP contribution in [0.2, 0.25) is 0 Å². The molecule has 2 N–H and O–H groups in total. The first-order valence-corrected chi connectivity index (χ1v) is 8.30. The van der Waals surface area contributed by atoms with Crippen molar-refractivity contribution in [3.05, 3.63) is 17.0 Å². The average Bonchev–Trinajstić information content (AvgIpc) is 2.61. The van der Waals surface area contributed by atoms with Crippen molar-refractivity contribution in [2.45, 2.75) is 45.7 Å². The quantitative estimate of drug-likeness (QED) is 0.769. The monoisotopic (exact) mass is 285 g/mol. The lowest BCUT2D eigenvalue weighted by molar-refractivity contribution is 0.263. The summed E-state index contributed by atoms with van der Waals surface area (Å²) >= 11 is 1.82. The molecule has 2 atom stereocenters. The topological polar surface area (TPSA) is 50.1 Å². The molecular weight excluding hydrogens is 258 g/mol. The van der Waals surface area contributed by atoms with Gasteiger partial charge in [0.15, 0.2) is 0 Å². The van der Waals surface area contributed by atoms with Gasteiger partial charge in [0.05, 0.1) is 5.69 Å². The minimum Gasteiger partial charge on any atom is -0.396 e. The number of nitrogens with one attached hydrogen (secondary N) is 1. The van der Waals surface area contributed by atoms with E-state index in [4.69, 9.17) is 5.11 Å². The molecule has 0 aromatic carbocycles. The number of thioether (sulfide) groups is 1. The van der Waals surface area contributed by atoms with Gasteiger partial charge < -0.3 is 10.4 Å². The van der Waals surface area contributed by atoms with Crippen molar-refractivity contribution < 1.29 is 5.11 Å². The van der Waals surface area contributed by atoms with Gasteiger partial charge in [-0.3, -0.25) is 4.68 Å². The second-order valence-electron chi connectivity index (χ2n) is 5.00. The third-order valence-corrected chi connectivity index (χ3v) is 4.34. The second kappa shape index (κ2) is 7.92. The maximum Gasteiger partial charge on any atom is 0.0644 e. The predicted molar refractivity (Wildman–Crippen MR) is 82.7 cm³/mol. The molecule has 1 aromatic rings. The molecule has 0 bridgehead atoms. The second-order valence-corrected chi connectivity index (χ2v) is 5.91. The first-order valence-electron chi connectivity index (χ1n) is 6.91. The van der Waals surface area contributed by atoms with E-state index in [0.29, 0.717) is 12.1 Å². The van der Waals surface area contributed by atoms with Crippen LogP contribution in [0.1, 0.15) is 42.8 Å². The van der Waals surface area contributed by atoms with Crippen molar-refractivity contribution in [2.75, 3.05) is 18.6 Å². The molecule has 4 nitrogen and oxygen atoms in total. The zero-order valence-corrected chi connectivity index (χ0v) is 13.5. The fourth-order valence-electron chi connectivity index (χ4n) is 2.56. The SMILES string of the molecule is CCC(NC(CCO)CSC)c1c(C)nn(C)c1C. The summed E-state index contributed by atoms with van der Waals surface area (Å²) in [5, 5.41) is 17.4. The predicted octanol–water partition coefficient (Wildman–Crippen LogP) is 2.19. The first kappa shape index (κ1) is 16.5. The lowest BCUT2D eigenvalue weighted by Gasteiger charge is -2.25. The standard InChI is InChI=1S/C14H27N3OS/c1-6-13(15-12(7-8-18)9-19-5)14-10(2)16-17(4)11(14)3/h12-13,15,18H,6-9H2,1-5H3. The summed E-state index contributed by atoms with van der Waals surface area (Å²) in [5.74, 6) is 1.02. The Morgan fingerprint density at radius 1 is 1.42 bits per heavy atom. The van der Waals surface area contributed by atoms with Crippen molar-refractivity contribution >= 4 is 11.8 Å². The summed E-state index contributed by atoms with van der Waals surface area (Å²) in [6.45, 7) is 6.62. The lowest BCUT2D eigenvalue weighted by atomic mass is 10.0. The van der Waals surface area contributed by atoms with Gasteiger partial charge in [-0.05, 0) is 32.9 Å². The molecule has 0 radical (unpaired) electrons. The van der Waals surface area contributed by atoms with Crippen LogP contribution in [0.4, 0.5) is 0 Å². The Balaban J connectivity index is 2.87. The summed E-state index contributed by atoms with van der Waals surface area (Å²) in [4.78, 5) is 0. The van der Waals surface area contributed by atoms with E-state index < -0.39 is 0 Å². The normalized spacial score (nSPS) is 14.6. The van der Waals surface area contributed by atoms with Crippen LogP contribution in [-0.2, 0) is 7.05 Å². The van der Waals surface area contributed by atoms with E-state index in [1.54, 1.807) is 0 Å². The minimum atomic E-state index is 0.236. The summed E-state index contributed by atoms with van der Waals surface area (Å²) in [5.41, 5.74) is 3.64. The molecule has 0 spiro atoms. The van der Waals surface area contributed by atoms with Crippen molar-refractivity contribution in [1.29, 1.82) is 0 Å². The average molecular weight is 285 g/mol. The molecule has 1 aromatic heterocycles. The number of aromatic nitrogens is 2. The molecule has 1 heterocycles. The Morgan fingerprint density at radius 3 is 2.53 bits per heavy atom. The highest BCUT2D eigenvalue weighted by atomic mass is 32.2. The van der Waals surface area contributed by atoms with E-state index in [2.05, 4.69) is 37.4 Å². The van der Waals surface area contributed by atoms with Crippen molar-refractivity contribution in [1.82, 2.24) is 15.1 Å². The number of aliphatic hydroxyl groups is 1. The first-order chi connectivity index (χ1) is 9.04. The summed E-state index contributed by atoms with van der Waals surface area (Å²) in [6.07, 6.45) is 3.94. The molecule has 1 rings (SSSR count). The fraction of sp³-hybridized carbons (Fsp3) is 0.786. The zero-order chi connectivity index (χ0) is 14.4. The molecular formula is C14H27N3OS. The largest absolute Gasteiger partial charge is 0.396 e. The lowest BCUT2D eigenvalue weighted by Crippen LogP contribution is -2.35. The van der Waals surface area contributed by atoms with Crippen molar-refractivity contribution in [3.8, 4) is 0 Å². The highest BCUT2D eigenvalue weighted by molar-refractivity contribution is 7.98. The molecule has 0 aliphatic heterocycles. The number of aliphatic hydroxyl groups excluding tert-OH is 1. The molecule has 5 heteroatoms. The number of aryl methyl sites for hydroxylation is 2. The van der Waals surface area contributed by atoms with E-state index >= 15 is 0 Å². The smallest absolute Gasteiger partial charge is 0.0644 e. The Labute approximate surface area is 121 Å². The van der Waals surface area contributed by atoms with Gasteiger partial charge in [0.25, 0.3) is 0 Å². The zero-order valence-electron chi connectivity index (χ0n) is 12.7. The highest BCUT2D eigenvalue weighted by Gasteiger charge is 2.21. The van der Waals surface area contributed by atoms with E-state index in [1.165, 1.54) is 11.3 Å². The Hall–Kier alpha value is -0.520. The van der Waals surface area contributed by atoms with Gasteiger partial charge in [0.1, 0.15) is 0 Å². The van der Waals surface area contributed by atoms with Crippen LogP contribution < -0.4 is 5.32 Å². The molecule has 110 valence electrons. The van der Waals surface area contributed by atoms with Crippen LogP contribution in [0.25, 0.3) is 0 Å². The van der Waals surface area contributed by atoms with E-state index in [0.717, 1.165) is 24.3 Å². The Morgan fingerprint density at radius 2 is 2.11 bits per heavy atom. The van der Waals surface area contributed by atoms with E-state index in [9.17, 15) is 0 Å². The Kier molecular flexibility index (Phi) is 6.89. The molecule has 19 heavy (non-hydrogen) atoms. The molecule has 0 saturated carbocycles. The maximum absolute atomic E-state index is 9.17. The third-order valence-electron chi connectivity index (χ3n) is 3.60. The Bertz CT molecular complexity index is 386. The van der Waals surface area contributed by atoms with Crippen molar-refractivity contribution in [3.63, 3.8) is 0 Å². The van der Waals surface area contributed by atoms with Gasteiger partial charge in [0, 0.05) is 42.7 Å². The number of nitrogens with zero attached hydrogens (tertiary/aromatic N) is 2. The van der Waals surface area contributed by atoms with E-state index in [1.807, 2.05) is 23.5 Å². The molecule has 0 aliphatic carbocycles. The van der Waals surface area contributed by atoms with Gasteiger partial charge in [0.2, 0.25) is 0 Å². The molecule has 0 fully saturated rings. The maximum atomic E-state index is 9.17. The summed E-state index contributed by atoms with van der Waals surface area (Å²) < 4.78 is 1.95. The third kappa shape index (κ3) is 4.23. The van der Waals surface area contributed by atoms with Crippen LogP contribution in [0.5, 0.6) is 0 Å². The van der Waals surface area contributed by atoms with Crippen LogP contribution in [0.3, 0.4) is 0 Å². The van der Waals surface area contributed by atoms with Gasteiger partial charge >= 0.3 is 0 Å². The van der Waals surface area contributed by atoms with Gasteiger partial charge in [-0.25, -0.2) is 0 Å². The summed E-state index contributed by atoms with van der Waals surface area (Å²) in [6, 6.07) is 0.668. The number of rotatable bonds is 8. The van der Waals surface area contributed by atoms with Gasteiger partial charge in [-0.15, -0.1) is 0 Å². The molecule has 2 unspecified atom stereocenters. The molecule has 0 saturated heterocycles. The van der Waals surface area contributed by atoms with Crippen LogP contribution in [0.15, 0.2) is 0 Å². The number of hydrogen-bond acceptors (Lipinski definition) is 4. The molecule has 0 aliphatic rings. The van der Waals surface area contributed by atoms with Crippen LogP contribution >= 0.6 is 11.8 Å². The number of hydrogen-bond donors (Lipinski definition) is 2. The summed E-state index contributed by atoms with van der Waals surface area (Å²) in [7, 11) is 1.99. The minimum absolute atomic E-state index is 0.236. The van der Waals surface area contributed by atoms with Gasteiger partial charge in [-0.1, -0.05) is 6.92 Å². The van der Waals surface area contributed by atoms with Crippen LogP contribution in [0, 0.1) is 13.8 Å². The van der Waals surface area contributed by atoms with Crippen LogP contribution in [-0.4, -0.2) is 39.5 Å². The van der Waals surface area contributed by atoms with E-state index in [-0.39, 0.29) is 6.61 Å². The fourth-order valence-corrected chi connectivity index (χ4v) is 3.22.